The Morgan fingerprint density at radius 3 is 1.25 bits per heavy atom. The van der Waals surface area contributed by atoms with Crippen LogP contribution in [0.3, 0.4) is 0 Å². The van der Waals surface area contributed by atoms with E-state index in [1.54, 1.807) is 0 Å². The van der Waals surface area contributed by atoms with Crippen LogP contribution in [0, 0.1) is 0 Å². The SMILES string of the molecule is [SeH]c1cc2c(cc1B1c3ccc(N(c4ccccc4)c4ccccc4)cc3-c3ccccc3N1c1ccccc1)B1c3ccccc3N(c3ccccc3)c3cc(N(c4ccccc4)c4ccccc4)cc(c31)N2c1ccccc1. The van der Waals surface area contributed by atoms with Gasteiger partial charge >= 0.3 is 480 Å². The summed E-state index contributed by atoms with van der Waals surface area (Å²) >= 11 is 3.02. The maximum absolute atomic E-state index is 3.02. The van der Waals surface area contributed by atoms with Crippen LogP contribution >= 0.6 is 0 Å². The first-order valence-electron chi connectivity index (χ1n) is 27.4. The van der Waals surface area contributed by atoms with Crippen LogP contribution in [0.1, 0.15) is 0 Å². The molecule has 0 N–H and O–H groups in total. The van der Waals surface area contributed by atoms with Gasteiger partial charge in [0, 0.05) is 0 Å². The van der Waals surface area contributed by atoms with Gasteiger partial charge in [-0.15, -0.1) is 0 Å². The van der Waals surface area contributed by atoms with Crippen LogP contribution in [0.5, 0.6) is 0 Å². The van der Waals surface area contributed by atoms with Gasteiger partial charge in [-0.3, -0.25) is 0 Å². The van der Waals surface area contributed by atoms with E-state index in [2.05, 4.69) is 344 Å². The Balaban J connectivity index is 1.00. The summed E-state index contributed by atoms with van der Waals surface area (Å²) in [6.45, 7) is -0.331. The molecule has 8 heteroatoms. The van der Waals surface area contributed by atoms with Crippen molar-refractivity contribution >= 4 is 141 Å². The Kier molecular flexibility index (Phi) is 11.8. The average molecular weight is 1090 g/mol. The molecule has 3 aliphatic rings. The van der Waals surface area contributed by atoms with E-state index in [1.165, 1.54) is 44.1 Å². The molecule has 0 aromatic heterocycles. The van der Waals surface area contributed by atoms with Gasteiger partial charge in [-0.1, -0.05) is 0 Å². The molecule has 376 valence electrons. The van der Waals surface area contributed by atoms with Gasteiger partial charge in [0.05, 0.1) is 0 Å². The Labute approximate surface area is 476 Å². The molecule has 3 aliphatic heterocycles. The van der Waals surface area contributed by atoms with E-state index in [1.807, 2.05) is 0 Å². The molecule has 0 amide bonds. The van der Waals surface area contributed by atoms with Gasteiger partial charge < -0.3 is 0 Å². The predicted molar refractivity (Wildman–Crippen MR) is 342 cm³/mol. The second-order valence-corrected chi connectivity index (χ2v) is 21.6. The summed E-state index contributed by atoms with van der Waals surface area (Å²) in [5.74, 6) is 0. The van der Waals surface area contributed by atoms with Gasteiger partial charge in [-0.2, -0.15) is 0 Å². The summed E-state index contributed by atoms with van der Waals surface area (Å²) in [5, 5.41) is 0. The summed E-state index contributed by atoms with van der Waals surface area (Å²) in [5.41, 5.74) is 24.3. The van der Waals surface area contributed by atoms with E-state index < -0.39 is 0 Å². The van der Waals surface area contributed by atoms with E-state index in [-0.39, 0.29) is 13.6 Å². The standard InChI is InChI=1S/C72H51B2N5Se/c80-71-50-68-64(49-65(71)74-62-45-44-58(75(51-26-8-1-9-27-51)52-28-10-2-11-29-52)46-61(62)60-40-22-24-42-66(60)79(74)57-38-20-7-21-39-57)73-63-41-23-25-43-67(63)77(55-34-16-5-17-35-55)69-47-59(48-70(72(69)73)78(68)56-36-18-6-19-37-56)76(53-30-12-3-13-31-53)54-32-14-4-15-33-54/h1-50,80H. The molecule has 0 radical (unpaired) electrons. The Hall–Kier alpha value is -9.71. The van der Waals surface area contributed by atoms with Crippen molar-refractivity contribution in [2.45, 2.75) is 0 Å². The van der Waals surface area contributed by atoms with Crippen molar-refractivity contribution in [3.05, 3.63) is 303 Å². The molecule has 3 heterocycles. The molecule has 0 saturated heterocycles. The molecule has 0 aliphatic carbocycles. The van der Waals surface area contributed by atoms with Gasteiger partial charge in [0.2, 0.25) is 0 Å². The van der Waals surface area contributed by atoms with Gasteiger partial charge in [-0.25, -0.2) is 0 Å². The number of anilines is 14. The zero-order valence-corrected chi connectivity index (χ0v) is 45.6. The fraction of sp³-hybridized carbons (Fsp3) is 0. The maximum atomic E-state index is 3.02. The van der Waals surface area contributed by atoms with Crippen LogP contribution in [0.15, 0.2) is 303 Å². The van der Waals surface area contributed by atoms with Crippen molar-refractivity contribution in [3.63, 3.8) is 0 Å². The second-order valence-electron chi connectivity index (χ2n) is 20.6. The van der Waals surface area contributed by atoms with Gasteiger partial charge in [0.25, 0.3) is 0 Å². The third-order valence-electron chi connectivity index (χ3n) is 16.1. The molecule has 0 saturated carbocycles. The molecule has 12 aromatic carbocycles. The summed E-state index contributed by atoms with van der Waals surface area (Å²) in [6.07, 6.45) is 0. The van der Waals surface area contributed by atoms with Crippen molar-refractivity contribution in [2.24, 2.45) is 0 Å². The van der Waals surface area contributed by atoms with Crippen molar-refractivity contribution in [1.29, 1.82) is 0 Å². The fourth-order valence-electron chi connectivity index (χ4n) is 12.8. The number of benzene rings is 12. The molecule has 5 nitrogen and oxygen atoms in total. The Bertz CT molecular complexity index is 4160. The normalized spacial score (nSPS) is 12.7. The second kappa shape index (κ2) is 19.9. The first-order chi connectivity index (χ1) is 39.7. The molecular weight excluding hydrogens is 1040 g/mol. The van der Waals surface area contributed by atoms with Crippen LogP contribution in [0.2, 0.25) is 0 Å². The van der Waals surface area contributed by atoms with E-state index in [9.17, 15) is 0 Å². The molecule has 0 bridgehead atoms. The van der Waals surface area contributed by atoms with Gasteiger partial charge in [-0.05, 0) is 0 Å². The Morgan fingerprint density at radius 2 is 0.713 bits per heavy atom. The first-order valence-corrected chi connectivity index (χ1v) is 28.3. The van der Waals surface area contributed by atoms with Crippen LogP contribution < -0.4 is 56.2 Å². The van der Waals surface area contributed by atoms with E-state index >= 15 is 0 Å². The van der Waals surface area contributed by atoms with Crippen molar-refractivity contribution in [2.75, 3.05) is 24.4 Å². The number of rotatable bonds is 10. The van der Waals surface area contributed by atoms with E-state index in [0.717, 1.165) is 78.4 Å². The summed E-state index contributed by atoms with van der Waals surface area (Å²) < 4.78 is 1.15. The summed E-state index contributed by atoms with van der Waals surface area (Å²) in [4.78, 5) is 12.4. The molecule has 0 spiro atoms. The first kappa shape index (κ1) is 47.5. The third kappa shape index (κ3) is 7.94. The topological polar surface area (TPSA) is 16.2 Å². The van der Waals surface area contributed by atoms with Crippen molar-refractivity contribution < 1.29 is 0 Å². The van der Waals surface area contributed by atoms with Crippen molar-refractivity contribution in [3.8, 4) is 11.1 Å². The van der Waals surface area contributed by atoms with Crippen LogP contribution in [0.25, 0.3) is 11.1 Å². The predicted octanol–water partition coefficient (Wildman–Crippen LogP) is 14.2. The van der Waals surface area contributed by atoms with E-state index in [0.29, 0.717) is 0 Å². The molecule has 15 rings (SSSR count). The van der Waals surface area contributed by atoms with Crippen molar-refractivity contribution in [1.82, 2.24) is 0 Å². The van der Waals surface area contributed by atoms with Gasteiger partial charge in [0.15, 0.2) is 0 Å². The number of nitrogens with zero attached hydrogens (tertiary/aromatic N) is 5. The van der Waals surface area contributed by atoms with Crippen LogP contribution in [-0.2, 0) is 0 Å². The van der Waals surface area contributed by atoms with Gasteiger partial charge in [0.1, 0.15) is 0 Å². The molecule has 0 fully saturated rings. The van der Waals surface area contributed by atoms with E-state index in [4.69, 9.17) is 0 Å². The molecular formula is C72H51B2N5Se. The number of fused-ring (bicyclic) bond motifs is 7. The molecule has 0 unspecified atom stereocenters. The minimum atomic E-state index is -0.208. The van der Waals surface area contributed by atoms with Crippen LogP contribution in [-0.4, -0.2) is 29.6 Å². The average Bonchev–Trinajstić information content (AvgIpc) is 3.60. The number of hydrogen-bond acceptors (Lipinski definition) is 5. The fourth-order valence-corrected chi connectivity index (χ4v) is 13.4. The monoisotopic (exact) mass is 1090 g/mol. The third-order valence-corrected chi connectivity index (χ3v) is 16.9. The zero-order chi connectivity index (χ0) is 53.1. The minimum absolute atomic E-state index is 0.123. The number of hydrogen-bond donors (Lipinski definition) is 0. The summed E-state index contributed by atoms with van der Waals surface area (Å²) in [7, 11) is 0. The summed E-state index contributed by atoms with van der Waals surface area (Å²) in [6, 6.07) is 111. The molecule has 12 aromatic rings. The quantitative estimate of drug-likeness (QED) is 0.127. The van der Waals surface area contributed by atoms with Crippen LogP contribution in [0.4, 0.5) is 79.6 Å². The number of para-hydroxylation sites is 9. The zero-order valence-electron chi connectivity index (χ0n) is 43.7. The Morgan fingerprint density at radius 1 is 0.275 bits per heavy atom. The molecule has 0 atom stereocenters. The molecule has 80 heavy (non-hydrogen) atoms.